The number of rotatable bonds is 18. The monoisotopic (exact) mass is 863 g/mol. The van der Waals surface area contributed by atoms with Crippen molar-refractivity contribution < 1.29 is 28.6 Å². The zero-order valence-corrected chi connectivity index (χ0v) is 36.0. The second-order valence-electron chi connectivity index (χ2n) is 14.5. The minimum atomic E-state index is -0.511. The number of hydrogen-bond donors (Lipinski definition) is 0. The first kappa shape index (κ1) is 44.6. The third-order valence-corrected chi connectivity index (χ3v) is 10.3. The number of ether oxygens (including phenoxy) is 3. The maximum atomic E-state index is 12.8. The predicted octanol–water partition coefficient (Wildman–Crippen LogP) is 13.6. The molecule has 0 N–H and O–H groups in total. The first-order valence-electron chi connectivity index (χ1n) is 20.9. The Kier molecular flexibility index (Phi) is 14.8. The van der Waals surface area contributed by atoms with E-state index in [4.69, 9.17) is 24.4 Å². The highest BCUT2D eigenvalue weighted by Gasteiger charge is 2.12. The van der Waals surface area contributed by atoms with Gasteiger partial charge in [-0.2, -0.15) is 10.2 Å². The molecule has 0 aromatic heterocycles. The summed E-state index contributed by atoms with van der Waals surface area (Å²) in [6.07, 6.45) is 2.81. The lowest BCUT2D eigenvalue weighted by Gasteiger charge is -2.23. The van der Waals surface area contributed by atoms with Gasteiger partial charge in [-0.15, -0.1) is 20.5 Å². The molecule has 0 spiro atoms. The summed E-state index contributed by atoms with van der Waals surface area (Å²) in [5, 5.41) is 31.1. The first-order chi connectivity index (χ1) is 31.7. The lowest BCUT2D eigenvalue weighted by molar-refractivity contribution is -0.138. The summed E-state index contributed by atoms with van der Waals surface area (Å²) in [6, 6.07) is 42.8. The van der Waals surface area contributed by atoms with Gasteiger partial charge in [0.05, 0.1) is 52.8 Å². The molecule has 0 amide bonds. The van der Waals surface area contributed by atoms with Crippen LogP contribution in [0.2, 0.25) is 0 Å². The van der Waals surface area contributed by atoms with Crippen molar-refractivity contribution in [2.45, 2.75) is 20.3 Å². The van der Waals surface area contributed by atoms with Crippen molar-refractivity contribution in [1.82, 2.24) is 0 Å². The Morgan fingerprint density at radius 2 is 1.05 bits per heavy atom. The Morgan fingerprint density at radius 3 is 1.54 bits per heavy atom. The number of nitrogens with zero attached hydrogens (tertiary/aromatic N) is 7. The minimum Gasteiger partial charge on any atom is -0.462 e. The second-order valence-corrected chi connectivity index (χ2v) is 14.5. The summed E-state index contributed by atoms with van der Waals surface area (Å²) < 4.78 is 15.7. The predicted molar refractivity (Wildman–Crippen MR) is 253 cm³/mol. The molecule has 7 aromatic carbocycles. The van der Waals surface area contributed by atoms with E-state index in [2.05, 4.69) is 44.6 Å². The van der Waals surface area contributed by atoms with Crippen LogP contribution in [0, 0.1) is 6.92 Å². The third kappa shape index (κ3) is 11.5. The van der Waals surface area contributed by atoms with Crippen LogP contribution in [0.3, 0.4) is 0 Å². The van der Waals surface area contributed by atoms with Crippen molar-refractivity contribution in [3.8, 4) is 5.75 Å². The summed E-state index contributed by atoms with van der Waals surface area (Å²) in [6.45, 7) is 12.7. The van der Waals surface area contributed by atoms with E-state index in [0.717, 1.165) is 62.7 Å². The molecule has 0 saturated heterocycles. The number of fused-ring (bicyclic) bond motifs is 2. The van der Waals surface area contributed by atoms with Gasteiger partial charge < -0.3 is 19.1 Å². The Morgan fingerprint density at radius 1 is 0.569 bits per heavy atom. The first-order valence-corrected chi connectivity index (χ1v) is 20.9. The molecule has 13 nitrogen and oxygen atoms in total. The van der Waals surface area contributed by atoms with Gasteiger partial charge in [-0.25, -0.2) is 14.4 Å². The Balaban J connectivity index is 1.01. The van der Waals surface area contributed by atoms with Crippen LogP contribution in [0.25, 0.3) is 21.5 Å². The van der Waals surface area contributed by atoms with E-state index < -0.39 is 17.9 Å². The summed E-state index contributed by atoms with van der Waals surface area (Å²) >= 11 is 0. The van der Waals surface area contributed by atoms with E-state index in [1.54, 1.807) is 36.4 Å². The minimum absolute atomic E-state index is 0.228. The van der Waals surface area contributed by atoms with Crippen molar-refractivity contribution in [2.75, 3.05) is 31.2 Å². The van der Waals surface area contributed by atoms with Crippen LogP contribution in [0.15, 0.2) is 196 Å². The molecule has 0 bridgehead atoms. The van der Waals surface area contributed by atoms with Gasteiger partial charge in [0.1, 0.15) is 12.4 Å². The van der Waals surface area contributed by atoms with Crippen LogP contribution < -0.4 is 9.64 Å². The maximum absolute atomic E-state index is 12.8. The van der Waals surface area contributed by atoms with E-state index in [-0.39, 0.29) is 13.2 Å². The SMILES string of the molecule is C=CC(=O)OCCc1ccc(OC(=O)c2ccc(/N=N/c3ccc(/N=N/c4ccc(/N=N/c5ccc(N(CC)CCOC(=O)C=C)cc5C)c5ccccc45)c4ccccc34)cc2)cc1. The van der Waals surface area contributed by atoms with E-state index in [1.807, 2.05) is 111 Å². The molecule has 0 fully saturated rings. The molecule has 0 saturated carbocycles. The molecule has 0 aliphatic rings. The molecule has 0 aliphatic carbocycles. The Labute approximate surface area is 376 Å². The van der Waals surface area contributed by atoms with Gasteiger partial charge in [-0.1, -0.05) is 73.8 Å². The van der Waals surface area contributed by atoms with Crippen molar-refractivity contribution in [1.29, 1.82) is 0 Å². The van der Waals surface area contributed by atoms with E-state index in [9.17, 15) is 14.4 Å². The van der Waals surface area contributed by atoms with Gasteiger partial charge in [0.15, 0.2) is 0 Å². The quantitative estimate of drug-likeness (QED) is 0.0360. The molecule has 0 aliphatic heterocycles. The number of likely N-dealkylation sites (N-methyl/N-ethyl adjacent to an activating group) is 1. The molecule has 7 aromatic rings. The van der Waals surface area contributed by atoms with Crippen LogP contribution in [-0.2, 0) is 25.5 Å². The molecule has 0 unspecified atom stereocenters. The molecule has 324 valence electrons. The van der Waals surface area contributed by atoms with E-state index >= 15 is 0 Å². The zero-order chi connectivity index (χ0) is 45.5. The second kappa shape index (κ2) is 21.6. The number of carbonyl (C=O) groups is 3. The zero-order valence-electron chi connectivity index (χ0n) is 36.0. The van der Waals surface area contributed by atoms with Gasteiger partial charge in [-0.05, 0) is 104 Å². The summed E-state index contributed by atoms with van der Waals surface area (Å²) in [5.41, 5.74) is 7.22. The summed E-state index contributed by atoms with van der Waals surface area (Å²) in [5.74, 6) is -1.03. The summed E-state index contributed by atoms with van der Waals surface area (Å²) in [7, 11) is 0. The third-order valence-electron chi connectivity index (χ3n) is 10.3. The fourth-order valence-electron chi connectivity index (χ4n) is 6.83. The Bertz CT molecular complexity index is 2960. The molecule has 13 heteroatoms. The van der Waals surface area contributed by atoms with E-state index in [1.165, 1.54) is 0 Å². The van der Waals surface area contributed by atoms with Gasteiger partial charge >= 0.3 is 17.9 Å². The Hall–Kier alpha value is -8.45. The highest BCUT2D eigenvalue weighted by atomic mass is 16.5. The highest BCUT2D eigenvalue weighted by Crippen LogP contribution is 2.38. The summed E-state index contributed by atoms with van der Waals surface area (Å²) in [4.78, 5) is 37.7. The molecule has 0 heterocycles. The van der Waals surface area contributed by atoms with Gasteiger partial charge in [-0.3, -0.25) is 0 Å². The van der Waals surface area contributed by atoms with E-state index in [0.29, 0.717) is 52.7 Å². The standard InChI is InChI=1S/C52H45N7O6/c1-5-50(60)63-32-30-36-16-23-40(24-17-36)65-52(62)37-18-20-38(21-19-37)53-55-46-26-27-48(42-13-9-8-12-41(42)46)57-58-49-29-28-47(43-14-10-11-15-44(43)49)56-54-45-25-22-39(34-35(45)4)59(7-3)31-33-64-51(61)6-2/h5-6,8-29,34H,1-2,7,30-33H2,3-4H3/b55-53+,56-54+,58-57+. The number of benzene rings is 7. The normalized spacial score (nSPS) is 11.4. The molecule has 0 atom stereocenters. The average Bonchev–Trinajstić information content (AvgIpc) is 3.34. The molecule has 65 heavy (non-hydrogen) atoms. The average molecular weight is 864 g/mol. The number of esters is 3. The largest absolute Gasteiger partial charge is 0.462 e. The van der Waals surface area contributed by atoms with Crippen molar-refractivity contribution in [2.24, 2.45) is 30.7 Å². The molecular weight excluding hydrogens is 819 g/mol. The number of azo groups is 3. The maximum Gasteiger partial charge on any atom is 0.343 e. The van der Waals surface area contributed by atoms with Crippen molar-refractivity contribution >= 4 is 79.3 Å². The van der Waals surface area contributed by atoms with Crippen LogP contribution >= 0.6 is 0 Å². The van der Waals surface area contributed by atoms with Crippen molar-refractivity contribution in [3.63, 3.8) is 0 Å². The smallest absolute Gasteiger partial charge is 0.343 e. The topological polar surface area (TPSA) is 156 Å². The molecule has 7 rings (SSSR count). The lowest BCUT2D eigenvalue weighted by Crippen LogP contribution is -2.27. The fourth-order valence-corrected chi connectivity index (χ4v) is 6.83. The molecular formula is C52H45N7O6. The van der Waals surface area contributed by atoms with Crippen LogP contribution in [-0.4, -0.2) is 44.2 Å². The number of aryl methyl sites for hydroxylation is 1. The molecule has 0 radical (unpaired) electrons. The van der Waals surface area contributed by atoms with Crippen LogP contribution in [0.4, 0.5) is 39.8 Å². The van der Waals surface area contributed by atoms with Gasteiger partial charge in [0.25, 0.3) is 0 Å². The highest BCUT2D eigenvalue weighted by molar-refractivity contribution is 6.01. The van der Waals surface area contributed by atoms with Gasteiger partial charge in [0.2, 0.25) is 0 Å². The lowest BCUT2D eigenvalue weighted by atomic mass is 10.1. The fraction of sp³-hybridized carbons (Fsp3) is 0.135. The van der Waals surface area contributed by atoms with Gasteiger partial charge in [0, 0.05) is 52.3 Å². The van der Waals surface area contributed by atoms with Crippen molar-refractivity contribution in [3.05, 3.63) is 182 Å². The number of hydrogen-bond acceptors (Lipinski definition) is 13. The number of anilines is 1. The van der Waals surface area contributed by atoms with Crippen LogP contribution in [0.5, 0.6) is 5.75 Å². The number of carbonyl (C=O) groups excluding carboxylic acids is 3. The van der Waals surface area contributed by atoms with Crippen LogP contribution in [0.1, 0.15) is 28.4 Å².